The number of aromatic nitrogens is 1. The standard InChI is InChI=1S/C22H23N3O2/c1-15-21(20-8-9-23-11-18(20)12-24-15)13-25-22(26)14-27-19-7-6-16-4-2-3-5-17(16)10-19/h2-7,10,12,23H,8-9,11,13-14H2,1H3,(H,25,26). The summed E-state index contributed by atoms with van der Waals surface area (Å²) in [6, 6.07) is 13.9. The minimum absolute atomic E-state index is 0.00138. The van der Waals surface area contributed by atoms with Crippen LogP contribution in [-0.4, -0.2) is 24.0 Å². The molecule has 0 unspecified atom stereocenters. The second-order valence-corrected chi connectivity index (χ2v) is 6.83. The summed E-state index contributed by atoms with van der Waals surface area (Å²) in [5.41, 5.74) is 4.65. The molecule has 1 aromatic heterocycles. The first-order valence-corrected chi connectivity index (χ1v) is 9.26. The zero-order chi connectivity index (χ0) is 18.6. The molecule has 0 saturated heterocycles. The van der Waals surface area contributed by atoms with Crippen molar-refractivity contribution < 1.29 is 9.53 Å². The highest BCUT2D eigenvalue weighted by molar-refractivity contribution is 5.84. The minimum Gasteiger partial charge on any atom is -0.484 e. The summed E-state index contributed by atoms with van der Waals surface area (Å²) in [4.78, 5) is 16.7. The normalized spacial score (nSPS) is 13.2. The Morgan fingerprint density at radius 1 is 1.22 bits per heavy atom. The van der Waals surface area contributed by atoms with Crippen molar-refractivity contribution in [3.63, 3.8) is 0 Å². The third-order valence-electron chi connectivity index (χ3n) is 5.02. The number of hydrogen-bond acceptors (Lipinski definition) is 4. The Bertz CT molecular complexity index is 984. The summed E-state index contributed by atoms with van der Waals surface area (Å²) in [6.45, 7) is 4.29. The summed E-state index contributed by atoms with van der Waals surface area (Å²) in [7, 11) is 0. The van der Waals surface area contributed by atoms with E-state index in [1.54, 1.807) is 0 Å². The van der Waals surface area contributed by atoms with Crippen LogP contribution in [-0.2, 0) is 24.3 Å². The van der Waals surface area contributed by atoms with Gasteiger partial charge in [0.05, 0.1) is 0 Å². The van der Waals surface area contributed by atoms with Crippen molar-refractivity contribution in [3.8, 4) is 5.75 Å². The van der Waals surface area contributed by atoms with E-state index in [9.17, 15) is 4.79 Å². The number of nitrogens with zero attached hydrogens (tertiary/aromatic N) is 1. The third kappa shape index (κ3) is 3.93. The second kappa shape index (κ2) is 7.76. The van der Waals surface area contributed by atoms with Gasteiger partial charge in [-0.15, -0.1) is 0 Å². The van der Waals surface area contributed by atoms with Crippen molar-refractivity contribution in [3.05, 3.63) is 71.0 Å². The molecule has 2 heterocycles. The number of nitrogens with one attached hydrogen (secondary N) is 2. The van der Waals surface area contributed by atoms with E-state index < -0.39 is 0 Å². The highest BCUT2D eigenvalue weighted by atomic mass is 16.5. The summed E-state index contributed by atoms with van der Waals surface area (Å²) < 4.78 is 5.67. The van der Waals surface area contributed by atoms with E-state index in [1.807, 2.05) is 49.5 Å². The highest BCUT2D eigenvalue weighted by Crippen LogP contribution is 2.21. The molecule has 1 aliphatic heterocycles. The van der Waals surface area contributed by atoms with Crippen LogP contribution in [0.3, 0.4) is 0 Å². The second-order valence-electron chi connectivity index (χ2n) is 6.83. The number of carbonyl (C=O) groups is 1. The molecule has 5 nitrogen and oxygen atoms in total. The van der Waals surface area contributed by atoms with E-state index in [0.717, 1.165) is 41.5 Å². The highest BCUT2D eigenvalue weighted by Gasteiger charge is 2.16. The summed E-state index contributed by atoms with van der Waals surface area (Å²) in [6.07, 6.45) is 2.91. The van der Waals surface area contributed by atoms with Crippen molar-refractivity contribution in [2.75, 3.05) is 13.2 Å². The van der Waals surface area contributed by atoms with Crippen LogP contribution in [0.4, 0.5) is 0 Å². The van der Waals surface area contributed by atoms with Gasteiger partial charge in [-0.2, -0.15) is 0 Å². The minimum atomic E-state index is -0.130. The smallest absolute Gasteiger partial charge is 0.258 e. The fourth-order valence-electron chi connectivity index (χ4n) is 3.52. The number of carbonyl (C=O) groups excluding carboxylic acids is 1. The Hall–Kier alpha value is -2.92. The molecule has 2 N–H and O–H groups in total. The Morgan fingerprint density at radius 2 is 2.07 bits per heavy atom. The number of aryl methyl sites for hydroxylation is 1. The van der Waals surface area contributed by atoms with Gasteiger partial charge in [-0.1, -0.05) is 30.3 Å². The Morgan fingerprint density at radius 3 is 2.96 bits per heavy atom. The third-order valence-corrected chi connectivity index (χ3v) is 5.02. The van der Waals surface area contributed by atoms with Crippen LogP contribution in [0.1, 0.15) is 22.4 Å². The SMILES string of the molecule is Cc1ncc2c(c1CNC(=O)COc1ccc3ccccc3c1)CCNC2. The molecule has 27 heavy (non-hydrogen) atoms. The molecule has 2 aromatic carbocycles. The topological polar surface area (TPSA) is 63.2 Å². The molecule has 0 bridgehead atoms. The van der Waals surface area contributed by atoms with E-state index in [4.69, 9.17) is 4.74 Å². The lowest BCUT2D eigenvalue weighted by Crippen LogP contribution is -2.31. The molecule has 138 valence electrons. The summed E-state index contributed by atoms with van der Waals surface area (Å²) >= 11 is 0. The number of benzene rings is 2. The van der Waals surface area contributed by atoms with Crippen LogP contribution < -0.4 is 15.4 Å². The van der Waals surface area contributed by atoms with Crippen molar-refractivity contribution in [1.29, 1.82) is 0 Å². The van der Waals surface area contributed by atoms with Gasteiger partial charge < -0.3 is 15.4 Å². The van der Waals surface area contributed by atoms with E-state index in [-0.39, 0.29) is 12.5 Å². The molecule has 1 aliphatic rings. The first kappa shape index (κ1) is 17.5. The molecule has 3 aromatic rings. The molecular weight excluding hydrogens is 338 g/mol. The van der Waals surface area contributed by atoms with E-state index in [1.165, 1.54) is 11.1 Å². The quantitative estimate of drug-likeness (QED) is 0.734. The molecule has 0 atom stereocenters. The van der Waals surface area contributed by atoms with Gasteiger partial charge in [-0.3, -0.25) is 9.78 Å². The van der Waals surface area contributed by atoms with Crippen LogP contribution in [0, 0.1) is 6.92 Å². The molecule has 5 heteroatoms. The lowest BCUT2D eigenvalue weighted by Gasteiger charge is -2.21. The van der Waals surface area contributed by atoms with Crippen LogP contribution in [0.2, 0.25) is 0 Å². The summed E-state index contributed by atoms with van der Waals surface area (Å²) in [5.74, 6) is 0.568. The summed E-state index contributed by atoms with van der Waals surface area (Å²) in [5, 5.41) is 8.58. The van der Waals surface area contributed by atoms with Gasteiger partial charge in [-0.25, -0.2) is 0 Å². The number of amides is 1. The molecular formula is C22H23N3O2. The van der Waals surface area contributed by atoms with Crippen LogP contribution in [0.15, 0.2) is 48.7 Å². The molecule has 0 radical (unpaired) electrons. The lowest BCUT2D eigenvalue weighted by molar-refractivity contribution is -0.123. The number of rotatable bonds is 5. The Kier molecular flexibility index (Phi) is 5.03. The van der Waals surface area contributed by atoms with Crippen molar-refractivity contribution in [2.24, 2.45) is 0 Å². The predicted octanol–water partition coefficient (Wildman–Crippen LogP) is 2.88. The zero-order valence-corrected chi connectivity index (χ0v) is 15.4. The van der Waals surface area contributed by atoms with Crippen molar-refractivity contribution in [1.82, 2.24) is 15.6 Å². The largest absolute Gasteiger partial charge is 0.484 e. The van der Waals surface area contributed by atoms with Gasteiger partial charge in [0.25, 0.3) is 5.91 Å². The zero-order valence-electron chi connectivity index (χ0n) is 15.4. The maximum absolute atomic E-state index is 12.3. The van der Waals surface area contributed by atoms with Gasteiger partial charge in [-0.05, 0) is 59.5 Å². The van der Waals surface area contributed by atoms with Crippen LogP contribution in [0.25, 0.3) is 10.8 Å². The Balaban J connectivity index is 1.37. The molecule has 0 fully saturated rings. The maximum Gasteiger partial charge on any atom is 0.258 e. The fourth-order valence-corrected chi connectivity index (χ4v) is 3.52. The number of ether oxygens (including phenoxy) is 1. The molecule has 0 saturated carbocycles. The first-order valence-electron chi connectivity index (χ1n) is 9.26. The molecule has 1 amide bonds. The lowest BCUT2D eigenvalue weighted by atomic mass is 9.96. The average molecular weight is 361 g/mol. The van der Waals surface area contributed by atoms with Gasteiger partial charge in [0.15, 0.2) is 6.61 Å². The van der Waals surface area contributed by atoms with Gasteiger partial charge in [0.1, 0.15) is 5.75 Å². The number of pyridine rings is 1. The van der Waals surface area contributed by atoms with Crippen LogP contribution in [0.5, 0.6) is 5.75 Å². The first-order chi connectivity index (χ1) is 13.2. The molecule has 0 spiro atoms. The molecule has 4 rings (SSSR count). The van der Waals surface area contributed by atoms with Gasteiger partial charge >= 0.3 is 0 Å². The van der Waals surface area contributed by atoms with E-state index >= 15 is 0 Å². The number of hydrogen-bond donors (Lipinski definition) is 2. The van der Waals surface area contributed by atoms with Crippen LogP contribution >= 0.6 is 0 Å². The van der Waals surface area contributed by atoms with Gasteiger partial charge in [0.2, 0.25) is 0 Å². The fraction of sp³-hybridized carbons (Fsp3) is 0.273. The average Bonchev–Trinajstić information content (AvgIpc) is 2.71. The molecule has 0 aliphatic carbocycles. The van der Waals surface area contributed by atoms with E-state index in [2.05, 4.69) is 21.7 Å². The predicted molar refractivity (Wildman–Crippen MR) is 106 cm³/mol. The van der Waals surface area contributed by atoms with Gasteiger partial charge in [0, 0.05) is 25.0 Å². The number of fused-ring (bicyclic) bond motifs is 2. The maximum atomic E-state index is 12.3. The monoisotopic (exact) mass is 361 g/mol. The van der Waals surface area contributed by atoms with Crippen molar-refractivity contribution in [2.45, 2.75) is 26.4 Å². The Labute approximate surface area is 158 Å². The van der Waals surface area contributed by atoms with Crippen molar-refractivity contribution >= 4 is 16.7 Å². The van der Waals surface area contributed by atoms with E-state index in [0.29, 0.717) is 12.3 Å².